The summed E-state index contributed by atoms with van der Waals surface area (Å²) in [6.45, 7) is 6.86. The normalized spacial score (nSPS) is 11.3. The van der Waals surface area contributed by atoms with Crippen LogP contribution in [-0.4, -0.2) is 25.2 Å². The van der Waals surface area contributed by atoms with E-state index >= 15 is 0 Å². The highest BCUT2D eigenvalue weighted by atomic mass is 35.5. The summed E-state index contributed by atoms with van der Waals surface area (Å²) >= 11 is 5.79. The highest BCUT2D eigenvalue weighted by molar-refractivity contribution is 7.91. The number of hydrogen-bond donors (Lipinski definition) is 1. The molecule has 0 heterocycles. The Morgan fingerprint density at radius 3 is 2.47 bits per heavy atom. The van der Waals surface area contributed by atoms with Gasteiger partial charge in [-0.2, -0.15) is 0 Å². The highest BCUT2D eigenvalue weighted by Gasteiger charge is 2.22. The quantitative estimate of drug-likeness (QED) is 0.848. The Morgan fingerprint density at radius 1 is 1.42 bits per heavy atom. The van der Waals surface area contributed by atoms with Crippen molar-refractivity contribution in [1.82, 2.24) is 0 Å². The molecular weight excluding hydrogens is 288 g/mol. The average molecular weight is 303 g/mol. The Balaban J connectivity index is 3.34. The van der Waals surface area contributed by atoms with Crippen LogP contribution in [0.2, 0.25) is 5.02 Å². The minimum absolute atomic E-state index is 0.0290. The van der Waals surface area contributed by atoms with Gasteiger partial charge in [-0.1, -0.05) is 17.2 Å². The summed E-state index contributed by atoms with van der Waals surface area (Å²) in [7, 11) is -3.57. The van der Waals surface area contributed by atoms with Gasteiger partial charge in [0.2, 0.25) is 0 Å². The topological polar surface area (TPSA) is 71.4 Å². The fourth-order valence-electron chi connectivity index (χ4n) is 1.62. The molecule has 6 heteroatoms. The molecule has 1 N–H and O–H groups in total. The zero-order valence-electron chi connectivity index (χ0n) is 10.7. The molecule has 0 fully saturated rings. The molecule has 0 aliphatic carbocycles. The number of benzene rings is 1. The van der Waals surface area contributed by atoms with E-state index in [0.717, 1.165) is 5.57 Å². The standard InChI is InChI=1S/C13H15ClO4S/c1-8(2)4-5-19(17,18)12-7-10(14)6-11(9(12)3)13(15)16/h6-7H,1,4-5H2,2-3H3,(H,15,16). The molecule has 0 saturated carbocycles. The number of aromatic carboxylic acids is 1. The summed E-state index contributed by atoms with van der Waals surface area (Å²) in [6.07, 6.45) is 0.330. The van der Waals surface area contributed by atoms with E-state index in [1.165, 1.54) is 19.1 Å². The third-order valence-corrected chi connectivity index (χ3v) is 4.74. The third-order valence-electron chi connectivity index (χ3n) is 2.69. The van der Waals surface area contributed by atoms with E-state index in [2.05, 4.69) is 6.58 Å². The maximum absolute atomic E-state index is 12.2. The maximum atomic E-state index is 12.2. The fourth-order valence-corrected chi connectivity index (χ4v) is 3.62. The lowest BCUT2D eigenvalue weighted by atomic mass is 10.1. The van der Waals surface area contributed by atoms with Gasteiger partial charge in [0.1, 0.15) is 0 Å². The lowest BCUT2D eigenvalue weighted by Gasteiger charge is -2.11. The Bertz CT molecular complexity index is 632. The second-order valence-electron chi connectivity index (χ2n) is 4.41. The molecule has 1 aromatic carbocycles. The molecule has 0 radical (unpaired) electrons. The lowest BCUT2D eigenvalue weighted by molar-refractivity contribution is 0.0696. The predicted molar refractivity (Wildman–Crippen MR) is 74.6 cm³/mol. The van der Waals surface area contributed by atoms with Crippen LogP contribution in [0.3, 0.4) is 0 Å². The molecule has 0 aliphatic heterocycles. The van der Waals surface area contributed by atoms with Crippen LogP contribution < -0.4 is 0 Å². The van der Waals surface area contributed by atoms with Gasteiger partial charge in [0.15, 0.2) is 9.84 Å². The van der Waals surface area contributed by atoms with Crippen molar-refractivity contribution in [3.05, 3.63) is 40.4 Å². The summed E-state index contributed by atoms with van der Waals surface area (Å²) < 4.78 is 24.4. The highest BCUT2D eigenvalue weighted by Crippen LogP contribution is 2.26. The first-order chi connectivity index (χ1) is 8.65. The molecule has 19 heavy (non-hydrogen) atoms. The number of allylic oxidation sites excluding steroid dienone is 1. The van der Waals surface area contributed by atoms with Gasteiger partial charge in [0, 0.05) is 5.02 Å². The number of sulfone groups is 1. The largest absolute Gasteiger partial charge is 0.478 e. The molecule has 0 aliphatic rings. The average Bonchev–Trinajstić information content (AvgIpc) is 2.28. The molecule has 0 bridgehead atoms. The number of halogens is 1. The summed E-state index contributed by atoms with van der Waals surface area (Å²) in [4.78, 5) is 11.0. The summed E-state index contributed by atoms with van der Waals surface area (Å²) in [5, 5.41) is 9.13. The van der Waals surface area contributed by atoms with Gasteiger partial charge >= 0.3 is 5.97 Å². The molecule has 0 aromatic heterocycles. The van der Waals surface area contributed by atoms with Crippen molar-refractivity contribution in [1.29, 1.82) is 0 Å². The van der Waals surface area contributed by atoms with E-state index in [0.29, 0.717) is 6.42 Å². The molecule has 0 unspecified atom stereocenters. The minimum atomic E-state index is -3.57. The number of carboxylic acid groups (broad SMARTS) is 1. The van der Waals surface area contributed by atoms with Crippen molar-refractivity contribution in [3.63, 3.8) is 0 Å². The molecule has 0 spiro atoms. The summed E-state index contributed by atoms with van der Waals surface area (Å²) in [6, 6.07) is 2.54. The molecular formula is C13H15ClO4S. The second kappa shape index (κ2) is 5.75. The number of carbonyl (C=O) groups is 1. The molecule has 4 nitrogen and oxygen atoms in total. The van der Waals surface area contributed by atoms with E-state index in [-0.39, 0.29) is 26.8 Å². The van der Waals surface area contributed by atoms with Crippen molar-refractivity contribution in [2.45, 2.75) is 25.2 Å². The molecule has 0 saturated heterocycles. The van der Waals surface area contributed by atoms with Crippen LogP contribution in [0.5, 0.6) is 0 Å². The summed E-state index contributed by atoms with van der Waals surface area (Å²) in [5.74, 6) is -1.31. The monoisotopic (exact) mass is 302 g/mol. The van der Waals surface area contributed by atoms with Gasteiger partial charge in [-0.15, -0.1) is 6.58 Å². The number of hydrogen-bond acceptors (Lipinski definition) is 3. The molecule has 104 valence electrons. The molecule has 0 atom stereocenters. The van der Waals surface area contributed by atoms with Gasteiger partial charge in [-0.3, -0.25) is 0 Å². The molecule has 0 amide bonds. The number of carboxylic acids is 1. The van der Waals surface area contributed by atoms with E-state index in [1.807, 2.05) is 0 Å². The van der Waals surface area contributed by atoms with E-state index in [9.17, 15) is 13.2 Å². The third kappa shape index (κ3) is 3.81. The first-order valence-electron chi connectivity index (χ1n) is 5.55. The molecule has 1 aromatic rings. The zero-order valence-corrected chi connectivity index (χ0v) is 12.3. The Morgan fingerprint density at radius 2 is 2.00 bits per heavy atom. The number of rotatable bonds is 5. The van der Waals surface area contributed by atoms with E-state index in [4.69, 9.17) is 16.7 Å². The molecule has 1 rings (SSSR count). The van der Waals surface area contributed by atoms with Gasteiger partial charge in [0.25, 0.3) is 0 Å². The van der Waals surface area contributed by atoms with Crippen molar-refractivity contribution >= 4 is 27.4 Å². The van der Waals surface area contributed by atoms with Crippen LogP contribution in [-0.2, 0) is 9.84 Å². The SMILES string of the molecule is C=C(C)CCS(=O)(=O)c1cc(Cl)cc(C(=O)O)c1C. The van der Waals surface area contributed by atoms with E-state index in [1.54, 1.807) is 6.92 Å². The van der Waals surface area contributed by atoms with Gasteiger partial charge in [-0.25, -0.2) is 13.2 Å². The summed E-state index contributed by atoms with van der Waals surface area (Å²) in [5.41, 5.74) is 0.863. The van der Waals surface area contributed by atoms with Crippen LogP contribution >= 0.6 is 11.6 Å². The second-order valence-corrected chi connectivity index (χ2v) is 6.92. The van der Waals surface area contributed by atoms with Gasteiger partial charge < -0.3 is 5.11 Å². The van der Waals surface area contributed by atoms with Crippen molar-refractivity contribution in [2.75, 3.05) is 5.75 Å². The Labute approximate surface area is 117 Å². The van der Waals surface area contributed by atoms with Crippen molar-refractivity contribution < 1.29 is 18.3 Å². The van der Waals surface area contributed by atoms with Crippen molar-refractivity contribution in [3.8, 4) is 0 Å². The maximum Gasteiger partial charge on any atom is 0.336 e. The van der Waals surface area contributed by atoms with E-state index < -0.39 is 15.8 Å². The predicted octanol–water partition coefficient (Wildman–Crippen LogP) is 3.09. The minimum Gasteiger partial charge on any atom is -0.478 e. The Hall–Kier alpha value is -1.33. The van der Waals surface area contributed by atoms with Crippen LogP contribution in [0.4, 0.5) is 0 Å². The first kappa shape index (κ1) is 15.7. The van der Waals surface area contributed by atoms with Crippen LogP contribution in [0.25, 0.3) is 0 Å². The zero-order chi connectivity index (χ0) is 14.8. The van der Waals surface area contributed by atoms with Crippen molar-refractivity contribution in [2.24, 2.45) is 0 Å². The Kier molecular flexibility index (Phi) is 4.76. The lowest BCUT2D eigenvalue weighted by Crippen LogP contribution is -2.12. The van der Waals surface area contributed by atoms with Gasteiger partial charge in [0.05, 0.1) is 16.2 Å². The van der Waals surface area contributed by atoms with Crippen LogP contribution in [0.1, 0.15) is 29.3 Å². The van der Waals surface area contributed by atoms with Crippen LogP contribution in [0, 0.1) is 6.92 Å². The van der Waals surface area contributed by atoms with Crippen LogP contribution in [0.15, 0.2) is 29.2 Å². The smallest absolute Gasteiger partial charge is 0.336 e. The van der Waals surface area contributed by atoms with Gasteiger partial charge in [-0.05, 0) is 38.0 Å². The fraction of sp³-hybridized carbons (Fsp3) is 0.308. The first-order valence-corrected chi connectivity index (χ1v) is 7.58.